The smallest absolute Gasteiger partial charge is 0.0208 e. The molecule has 1 unspecified atom stereocenters. The second kappa shape index (κ2) is 6.29. The fourth-order valence-corrected chi connectivity index (χ4v) is 2.42. The Labute approximate surface area is 101 Å². The van der Waals surface area contributed by atoms with Crippen molar-refractivity contribution in [3.05, 3.63) is 34.9 Å². The van der Waals surface area contributed by atoms with Gasteiger partial charge in [0.2, 0.25) is 0 Å². The molecule has 1 N–H and O–H groups in total. The molecule has 0 aromatic heterocycles. The van der Waals surface area contributed by atoms with Gasteiger partial charge in [0.15, 0.2) is 0 Å². The number of halogens is 1. The molecule has 1 nitrogen and oxygen atoms in total. The molecule has 0 radical (unpaired) electrons. The standard InChI is InChI=1S/C13H20BrN/c1-10-6-11(2)8-13(7-10)9-15-12(3)4-5-14/h6-8,12,15H,4-5,9H2,1-3H3. The van der Waals surface area contributed by atoms with E-state index in [4.69, 9.17) is 0 Å². The van der Waals surface area contributed by atoms with Crippen molar-refractivity contribution in [3.63, 3.8) is 0 Å². The minimum atomic E-state index is 0.574. The quantitative estimate of drug-likeness (QED) is 0.806. The number of aryl methyl sites for hydroxylation is 2. The zero-order valence-electron chi connectivity index (χ0n) is 9.81. The molecule has 84 valence electrons. The van der Waals surface area contributed by atoms with Crippen LogP contribution in [0.5, 0.6) is 0 Å². The van der Waals surface area contributed by atoms with E-state index in [1.54, 1.807) is 0 Å². The topological polar surface area (TPSA) is 12.0 Å². The van der Waals surface area contributed by atoms with E-state index in [-0.39, 0.29) is 0 Å². The third kappa shape index (κ3) is 4.80. The molecule has 1 atom stereocenters. The molecular weight excluding hydrogens is 250 g/mol. The van der Waals surface area contributed by atoms with E-state index < -0.39 is 0 Å². The van der Waals surface area contributed by atoms with Crippen LogP contribution in [0.1, 0.15) is 30.0 Å². The summed E-state index contributed by atoms with van der Waals surface area (Å²) in [4.78, 5) is 0. The van der Waals surface area contributed by atoms with Gasteiger partial charge in [-0.05, 0) is 32.8 Å². The van der Waals surface area contributed by atoms with Gasteiger partial charge in [-0.1, -0.05) is 45.3 Å². The van der Waals surface area contributed by atoms with Crippen LogP contribution in [0.4, 0.5) is 0 Å². The van der Waals surface area contributed by atoms with Gasteiger partial charge in [0, 0.05) is 17.9 Å². The minimum absolute atomic E-state index is 0.574. The predicted molar refractivity (Wildman–Crippen MR) is 70.6 cm³/mol. The van der Waals surface area contributed by atoms with Crippen LogP contribution in [0.25, 0.3) is 0 Å². The second-order valence-electron chi connectivity index (χ2n) is 4.26. The summed E-state index contributed by atoms with van der Waals surface area (Å²) >= 11 is 3.46. The summed E-state index contributed by atoms with van der Waals surface area (Å²) in [6.45, 7) is 7.50. The van der Waals surface area contributed by atoms with Crippen LogP contribution in [0.2, 0.25) is 0 Å². The number of hydrogen-bond acceptors (Lipinski definition) is 1. The Morgan fingerprint density at radius 1 is 1.20 bits per heavy atom. The van der Waals surface area contributed by atoms with Gasteiger partial charge in [-0.25, -0.2) is 0 Å². The molecule has 2 heteroatoms. The monoisotopic (exact) mass is 269 g/mol. The van der Waals surface area contributed by atoms with Crippen LogP contribution < -0.4 is 5.32 Å². The number of benzene rings is 1. The first-order valence-electron chi connectivity index (χ1n) is 5.48. The van der Waals surface area contributed by atoms with Gasteiger partial charge in [0.05, 0.1) is 0 Å². The van der Waals surface area contributed by atoms with Crippen LogP contribution in [0.15, 0.2) is 18.2 Å². The summed E-state index contributed by atoms with van der Waals surface area (Å²) < 4.78 is 0. The van der Waals surface area contributed by atoms with Crippen LogP contribution >= 0.6 is 15.9 Å². The number of nitrogens with one attached hydrogen (secondary N) is 1. The van der Waals surface area contributed by atoms with Crippen LogP contribution in [0.3, 0.4) is 0 Å². The number of hydrogen-bond donors (Lipinski definition) is 1. The van der Waals surface area contributed by atoms with E-state index in [0.29, 0.717) is 6.04 Å². The summed E-state index contributed by atoms with van der Waals surface area (Å²) in [6.07, 6.45) is 1.17. The zero-order valence-corrected chi connectivity index (χ0v) is 11.4. The lowest BCUT2D eigenvalue weighted by Gasteiger charge is -2.13. The summed E-state index contributed by atoms with van der Waals surface area (Å²) in [5.74, 6) is 0. The van der Waals surface area contributed by atoms with Crippen molar-refractivity contribution in [2.24, 2.45) is 0 Å². The van der Waals surface area contributed by atoms with Crippen LogP contribution in [-0.2, 0) is 6.54 Å². The SMILES string of the molecule is Cc1cc(C)cc(CNC(C)CCBr)c1. The molecule has 0 aliphatic rings. The molecule has 1 aromatic rings. The van der Waals surface area contributed by atoms with Crippen molar-refractivity contribution in [1.29, 1.82) is 0 Å². The Morgan fingerprint density at radius 2 is 1.80 bits per heavy atom. The van der Waals surface area contributed by atoms with Crippen LogP contribution in [-0.4, -0.2) is 11.4 Å². The van der Waals surface area contributed by atoms with Gasteiger partial charge < -0.3 is 5.32 Å². The third-order valence-electron chi connectivity index (χ3n) is 2.48. The number of alkyl halides is 1. The third-order valence-corrected chi connectivity index (χ3v) is 2.94. The Kier molecular flexibility index (Phi) is 5.34. The summed E-state index contributed by atoms with van der Waals surface area (Å²) in [6, 6.07) is 7.29. The van der Waals surface area contributed by atoms with Gasteiger partial charge in [-0.15, -0.1) is 0 Å². The van der Waals surface area contributed by atoms with Crippen molar-refractivity contribution in [3.8, 4) is 0 Å². The molecule has 0 aliphatic heterocycles. The van der Waals surface area contributed by atoms with Crippen molar-refractivity contribution in [1.82, 2.24) is 5.32 Å². The maximum absolute atomic E-state index is 3.52. The lowest BCUT2D eigenvalue weighted by molar-refractivity contribution is 0.538. The molecule has 0 saturated carbocycles. The molecule has 1 aromatic carbocycles. The van der Waals surface area contributed by atoms with Crippen molar-refractivity contribution < 1.29 is 0 Å². The highest BCUT2D eigenvalue weighted by atomic mass is 79.9. The molecule has 0 fully saturated rings. The average Bonchev–Trinajstić information content (AvgIpc) is 2.14. The summed E-state index contributed by atoms with van der Waals surface area (Å²) in [7, 11) is 0. The van der Waals surface area contributed by atoms with E-state index in [0.717, 1.165) is 11.9 Å². The van der Waals surface area contributed by atoms with Gasteiger partial charge in [-0.3, -0.25) is 0 Å². The highest BCUT2D eigenvalue weighted by Crippen LogP contribution is 2.09. The second-order valence-corrected chi connectivity index (χ2v) is 5.05. The molecule has 15 heavy (non-hydrogen) atoms. The van der Waals surface area contributed by atoms with Gasteiger partial charge in [0.25, 0.3) is 0 Å². The van der Waals surface area contributed by atoms with Crippen molar-refractivity contribution >= 4 is 15.9 Å². The Hall–Kier alpha value is -0.340. The first kappa shape index (κ1) is 12.7. The van der Waals surface area contributed by atoms with E-state index >= 15 is 0 Å². The molecule has 0 aliphatic carbocycles. The lowest BCUT2D eigenvalue weighted by atomic mass is 10.1. The normalized spacial score (nSPS) is 12.8. The maximum Gasteiger partial charge on any atom is 0.0208 e. The summed E-state index contributed by atoms with van der Waals surface area (Å²) in [5, 5.41) is 4.59. The molecule has 0 bridgehead atoms. The Balaban J connectivity index is 2.50. The highest BCUT2D eigenvalue weighted by molar-refractivity contribution is 9.09. The fraction of sp³-hybridized carbons (Fsp3) is 0.538. The molecule has 0 saturated heterocycles. The highest BCUT2D eigenvalue weighted by Gasteiger charge is 2.01. The molecule has 0 heterocycles. The Morgan fingerprint density at radius 3 is 2.33 bits per heavy atom. The van der Waals surface area contributed by atoms with E-state index in [1.165, 1.54) is 23.1 Å². The van der Waals surface area contributed by atoms with Gasteiger partial charge in [-0.2, -0.15) is 0 Å². The Bertz CT molecular complexity index is 289. The van der Waals surface area contributed by atoms with Gasteiger partial charge >= 0.3 is 0 Å². The number of rotatable bonds is 5. The molecule has 1 rings (SSSR count). The van der Waals surface area contributed by atoms with E-state index in [1.807, 2.05) is 0 Å². The summed E-state index contributed by atoms with van der Waals surface area (Å²) in [5.41, 5.74) is 4.08. The molecule has 0 amide bonds. The van der Waals surface area contributed by atoms with Gasteiger partial charge in [0.1, 0.15) is 0 Å². The predicted octanol–water partition coefficient (Wildman–Crippen LogP) is 3.57. The van der Waals surface area contributed by atoms with Crippen molar-refractivity contribution in [2.45, 2.75) is 39.8 Å². The lowest BCUT2D eigenvalue weighted by Crippen LogP contribution is -2.25. The van der Waals surface area contributed by atoms with Crippen molar-refractivity contribution in [2.75, 3.05) is 5.33 Å². The van der Waals surface area contributed by atoms with E-state index in [9.17, 15) is 0 Å². The molecular formula is C13H20BrN. The average molecular weight is 270 g/mol. The first-order chi connectivity index (χ1) is 7.11. The zero-order chi connectivity index (χ0) is 11.3. The maximum atomic E-state index is 3.52. The van der Waals surface area contributed by atoms with E-state index in [2.05, 4.69) is 60.2 Å². The first-order valence-corrected chi connectivity index (χ1v) is 6.60. The fourth-order valence-electron chi connectivity index (χ4n) is 1.73. The van der Waals surface area contributed by atoms with Crippen LogP contribution in [0, 0.1) is 13.8 Å². The molecule has 0 spiro atoms. The largest absolute Gasteiger partial charge is 0.310 e. The minimum Gasteiger partial charge on any atom is -0.310 e.